The minimum absolute atomic E-state index is 0.0176. The number of ether oxygens (including phenoxy) is 2. The van der Waals surface area contributed by atoms with Crippen LogP contribution in [0.4, 0.5) is 0 Å². The molecule has 2 saturated heterocycles. The molecule has 1 aromatic heterocycles. The summed E-state index contributed by atoms with van der Waals surface area (Å²) in [6.07, 6.45) is 0.818. The lowest BCUT2D eigenvalue weighted by Gasteiger charge is -2.35. The summed E-state index contributed by atoms with van der Waals surface area (Å²) in [6, 6.07) is -0.120. The molecule has 7 heteroatoms. The SMILES string of the molecule is Cc1nc(C)n(C[C@@H]2CN([C@H]3C[C@@H](C)OC3=O)CCO2)n1. The van der Waals surface area contributed by atoms with Crippen molar-refractivity contribution in [3.8, 4) is 0 Å². The molecule has 3 rings (SSSR count). The van der Waals surface area contributed by atoms with Crippen molar-refractivity contribution in [2.75, 3.05) is 19.7 Å². The van der Waals surface area contributed by atoms with Crippen LogP contribution in [0.15, 0.2) is 0 Å². The van der Waals surface area contributed by atoms with Crippen LogP contribution in [0.3, 0.4) is 0 Å². The first-order chi connectivity index (χ1) is 10.0. The van der Waals surface area contributed by atoms with Crippen molar-refractivity contribution < 1.29 is 14.3 Å². The van der Waals surface area contributed by atoms with E-state index in [9.17, 15) is 4.79 Å². The van der Waals surface area contributed by atoms with Crippen molar-refractivity contribution in [1.82, 2.24) is 19.7 Å². The Bertz CT molecular complexity index is 530. The lowest BCUT2D eigenvalue weighted by molar-refractivity contribution is -0.147. The van der Waals surface area contributed by atoms with E-state index in [2.05, 4.69) is 15.0 Å². The second-order valence-corrected chi connectivity index (χ2v) is 5.88. The van der Waals surface area contributed by atoms with Crippen LogP contribution in [-0.2, 0) is 20.8 Å². The van der Waals surface area contributed by atoms with Gasteiger partial charge in [0.2, 0.25) is 0 Å². The Labute approximate surface area is 124 Å². The molecule has 7 nitrogen and oxygen atoms in total. The van der Waals surface area contributed by atoms with Gasteiger partial charge in [-0.1, -0.05) is 0 Å². The Balaban J connectivity index is 1.63. The fraction of sp³-hybridized carbons (Fsp3) is 0.786. The Morgan fingerprint density at radius 3 is 2.81 bits per heavy atom. The quantitative estimate of drug-likeness (QED) is 0.747. The van der Waals surface area contributed by atoms with E-state index in [-0.39, 0.29) is 24.2 Å². The van der Waals surface area contributed by atoms with E-state index in [1.165, 1.54) is 0 Å². The summed E-state index contributed by atoms with van der Waals surface area (Å²) in [7, 11) is 0. The van der Waals surface area contributed by atoms with Crippen LogP contribution < -0.4 is 0 Å². The average molecular weight is 294 g/mol. The maximum atomic E-state index is 11.9. The lowest BCUT2D eigenvalue weighted by atomic mass is 10.1. The number of rotatable bonds is 3. The minimum Gasteiger partial charge on any atom is -0.461 e. The summed E-state index contributed by atoms with van der Waals surface area (Å²) in [5.74, 6) is 1.56. The number of nitrogens with zero attached hydrogens (tertiary/aromatic N) is 4. The Hall–Kier alpha value is -1.47. The van der Waals surface area contributed by atoms with Gasteiger partial charge in [0.05, 0.1) is 19.3 Å². The fourth-order valence-electron chi connectivity index (χ4n) is 3.10. The van der Waals surface area contributed by atoms with E-state index < -0.39 is 0 Å². The Morgan fingerprint density at radius 1 is 1.38 bits per heavy atom. The maximum Gasteiger partial charge on any atom is 0.323 e. The molecular weight excluding hydrogens is 272 g/mol. The van der Waals surface area contributed by atoms with Crippen LogP contribution in [0.2, 0.25) is 0 Å². The molecule has 116 valence electrons. The standard InChI is InChI=1S/C14H22N4O3/c1-9-6-13(14(19)21-9)17-4-5-20-12(7-17)8-18-11(3)15-10(2)16-18/h9,12-13H,4-8H2,1-3H3/t9-,12+,13+/m1/s1. The van der Waals surface area contributed by atoms with Gasteiger partial charge in [0.15, 0.2) is 0 Å². The maximum absolute atomic E-state index is 11.9. The number of carbonyl (C=O) groups excluding carboxylic acids is 1. The summed E-state index contributed by atoms with van der Waals surface area (Å²) < 4.78 is 12.9. The van der Waals surface area contributed by atoms with Gasteiger partial charge in [-0.05, 0) is 20.8 Å². The van der Waals surface area contributed by atoms with Crippen molar-refractivity contribution in [2.45, 2.75) is 52.0 Å². The predicted octanol–water partition coefficient (Wildman–Crippen LogP) is 0.300. The summed E-state index contributed by atoms with van der Waals surface area (Å²) in [4.78, 5) is 18.4. The van der Waals surface area contributed by atoms with E-state index in [4.69, 9.17) is 9.47 Å². The third-order valence-electron chi connectivity index (χ3n) is 4.09. The van der Waals surface area contributed by atoms with Crippen LogP contribution in [0.25, 0.3) is 0 Å². The number of carbonyl (C=O) groups is 1. The molecule has 0 saturated carbocycles. The zero-order valence-electron chi connectivity index (χ0n) is 12.8. The van der Waals surface area contributed by atoms with Crippen LogP contribution >= 0.6 is 0 Å². The van der Waals surface area contributed by atoms with Crippen molar-refractivity contribution in [1.29, 1.82) is 0 Å². The molecule has 0 aliphatic carbocycles. The molecule has 1 aromatic rings. The van der Waals surface area contributed by atoms with Crippen molar-refractivity contribution in [2.24, 2.45) is 0 Å². The van der Waals surface area contributed by atoms with Crippen molar-refractivity contribution in [3.05, 3.63) is 11.6 Å². The smallest absolute Gasteiger partial charge is 0.323 e. The summed E-state index contributed by atoms with van der Waals surface area (Å²) in [5.41, 5.74) is 0. The third-order valence-corrected chi connectivity index (χ3v) is 4.09. The fourth-order valence-corrected chi connectivity index (χ4v) is 3.10. The molecule has 21 heavy (non-hydrogen) atoms. The first-order valence-electron chi connectivity index (χ1n) is 7.47. The number of morpholine rings is 1. The second kappa shape index (κ2) is 5.73. The summed E-state index contributed by atoms with van der Waals surface area (Å²) in [5, 5.41) is 4.37. The Kier molecular flexibility index (Phi) is 3.95. The zero-order chi connectivity index (χ0) is 15.0. The number of hydrogen-bond acceptors (Lipinski definition) is 6. The van der Waals surface area contributed by atoms with Gasteiger partial charge in [0, 0.05) is 19.5 Å². The van der Waals surface area contributed by atoms with Gasteiger partial charge in [-0.25, -0.2) is 9.67 Å². The molecular formula is C14H22N4O3. The Morgan fingerprint density at radius 2 is 2.19 bits per heavy atom. The van der Waals surface area contributed by atoms with Gasteiger partial charge in [-0.3, -0.25) is 9.69 Å². The molecule has 0 bridgehead atoms. The molecule has 0 amide bonds. The summed E-state index contributed by atoms with van der Waals surface area (Å²) in [6.45, 7) is 8.57. The molecule has 2 aliphatic rings. The van der Waals surface area contributed by atoms with Gasteiger partial charge in [0.25, 0.3) is 0 Å². The third kappa shape index (κ3) is 3.08. The number of aryl methyl sites for hydroxylation is 2. The van der Waals surface area contributed by atoms with E-state index in [0.29, 0.717) is 13.2 Å². The lowest BCUT2D eigenvalue weighted by Crippen LogP contribution is -2.50. The highest BCUT2D eigenvalue weighted by Gasteiger charge is 2.38. The highest BCUT2D eigenvalue weighted by atomic mass is 16.6. The largest absolute Gasteiger partial charge is 0.461 e. The first-order valence-corrected chi connectivity index (χ1v) is 7.47. The molecule has 0 aromatic carbocycles. The normalized spacial score (nSPS) is 30.6. The van der Waals surface area contributed by atoms with Gasteiger partial charge >= 0.3 is 5.97 Å². The molecule has 0 spiro atoms. The molecule has 3 atom stereocenters. The summed E-state index contributed by atoms with van der Waals surface area (Å²) >= 11 is 0. The molecule has 0 N–H and O–H groups in total. The second-order valence-electron chi connectivity index (χ2n) is 5.88. The number of aromatic nitrogens is 3. The first kappa shape index (κ1) is 14.5. The van der Waals surface area contributed by atoms with Gasteiger partial charge < -0.3 is 9.47 Å². The topological polar surface area (TPSA) is 69.5 Å². The monoisotopic (exact) mass is 294 g/mol. The highest BCUT2D eigenvalue weighted by Crippen LogP contribution is 2.22. The predicted molar refractivity (Wildman–Crippen MR) is 74.8 cm³/mol. The average Bonchev–Trinajstić information content (AvgIpc) is 2.92. The number of cyclic esters (lactones) is 1. The van der Waals surface area contributed by atoms with Crippen molar-refractivity contribution in [3.63, 3.8) is 0 Å². The van der Waals surface area contributed by atoms with Gasteiger partial charge in [-0.15, -0.1) is 0 Å². The van der Waals surface area contributed by atoms with Crippen LogP contribution in [0.5, 0.6) is 0 Å². The highest BCUT2D eigenvalue weighted by molar-refractivity contribution is 5.78. The van der Waals surface area contributed by atoms with Crippen LogP contribution in [-0.4, -0.2) is 63.6 Å². The van der Waals surface area contributed by atoms with E-state index in [1.807, 2.05) is 25.5 Å². The molecule has 3 heterocycles. The molecule has 2 aliphatic heterocycles. The van der Waals surface area contributed by atoms with E-state index in [1.54, 1.807) is 0 Å². The number of esters is 1. The molecule has 2 fully saturated rings. The number of hydrogen-bond donors (Lipinski definition) is 0. The molecule has 0 radical (unpaired) electrons. The van der Waals surface area contributed by atoms with E-state index in [0.717, 1.165) is 31.2 Å². The van der Waals surface area contributed by atoms with E-state index >= 15 is 0 Å². The van der Waals surface area contributed by atoms with Gasteiger partial charge in [0.1, 0.15) is 23.8 Å². The molecule has 0 unspecified atom stereocenters. The minimum atomic E-state index is -0.120. The zero-order valence-corrected chi connectivity index (χ0v) is 12.8. The van der Waals surface area contributed by atoms with Crippen molar-refractivity contribution >= 4 is 5.97 Å². The van der Waals surface area contributed by atoms with Crippen LogP contribution in [0.1, 0.15) is 25.0 Å². The van der Waals surface area contributed by atoms with Gasteiger partial charge in [-0.2, -0.15) is 5.10 Å². The van der Waals surface area contributed by atoms with Crippen LogP contribution in [0, 0.1) is 13.8 Å².